The molecule has 37 heavy (non-hydrogen) atoms. The van der Waals surface area contributed by atoms with E-state index in [1.807, 2.05) is 12.1 Å². The number of hydrogen-bond acceptors (Lipinski definition) is 9. The van der Waals surface area contributed by atoms with Crippen molar-refractivity contribution in [3.05, 3.63) is 93.9 Å². The number of nitrogens with one attached hydrogen (secondary N) is 1. The molecular weight excluding hydrogens is 496 g/mol. The van der Waals surface area contributed by atoms with Crippen molar-refractivity contribution in [1.82, 2.24) is 9.97 Å². The lowest BCUT2D eigenvalue weighted by atomic mass is 10.1. The monoisotopic (exact) mass is 514 g/mol. The molecule has 184 valence electrons. The summed E-state index contributed by atoms with van der Waals surface area (Å²) < 4.78 is 11.2. The first-order chi connectivity index (χ1) is 17.9. The van der Waals surface area contributed by atoms with Gasteiger partial charge in [-0.1, -0.05) is 36.4 Å². The Kier molecular flexibility index (Phi) is 6.43. The molecule has 2 heterocycles. The number of ether oxygens (including phenoxy) is 1. The van der Waals surface area contributed by atoms with E-state index in [1.165, 1.54) is 19.1 Å². The van der Waals surface area contributed by atoms with Crippen molar-refractivity contribution in [2.75, 3.05) is 5.32 Å². The number of hydrogen-bond donors (Lipinski definition) is 1. The lowest BCUT2D eigenvalue weighted by Gasteiger charge is -2.13. The molecular formula is C26H18N4O6S. The quantitative estimate of drug-likeness (QED) is 0.166. The summed E-state index contributed by atoms with van der Waals surface area (Å²) >= 11 is 1.15. The fourth-order valence-corrected chi connectivity index (χ4v) is 4.28. The highest BCUT2D eigenvalue weighted by atomic mass is 32.1. The number of esters is 1. The van der Waals surface area contributed by atoms with Gasteiger partial charge in [0.1, 0.15) is 5.52 Å². The van der Waals surface area contributed by atoms with Gasteiger partial charge in [0.05, 0.1) is 21.7 Å². The Morgan fingerprint density at radius 2 is 1.84 bits per heavy atom. The van der Waals surface area contributed by atoms with Crippen LogP contribution < -0.4 is 5.32 Å². The Bertz CT molecular complexity index is 1610. The molecule has 5 aromatic rings. The van der Waals surface area contributed by atoms with Gasteiger partial charge in [0.15, 0.2) is 16.8 Å². The Labute approximate surface area is 213 Å². The van der Waals surface area contributed by atoms with Crippen LogP contribution in [0.1, 0.15) is 17.3 Å². The highest BCUT2D eigenvalue weighted by Crippen LogP contribution is 2.29. The predicted octanol–water partition coefficient (Wildman–Crippen LogP) is 5.71. The minimum absolute atomic E-state index is 0.0604. The van der Waals surface area contributed by atoms with Crippen LogP contribution in [0.4, 0.5) is 10.8 Å². The van der Waals surface area contributed by atoms with Crippen LogP contribution in [0, 0.1) is 10.1 Å². The molecule has 1 N–H and O–H groups in total. The topological polar surface area (TPSA) is 137 Å². The van der Waals surface area contributed by atoms with E-state index in [1.54, 1.807) is 53.9 Å². The zero-order chi connectivity index (χ0) is 25.9. The van der Waals surface area contributed by atoms with Crippen LogP contribution in [0.25, 0.3) is 33.8 Å². The lowest BCUT2D eigenvalue weighted by Crippen LogP contribution is -2.30. The maximum absolute atomic E-state index is 13.0. The molecule has 2 aromatic heterocycles. The summed E-state index contributed by atoms with van der Waals surface area (Å²) in [6.45, 7) is 1.45. The summed E-state index contributed by atoms with van der Waals surface area (Å²) in [6.07, 6.45) is -1.13. The van der Waals surface area contributed by atoms with Gasteiger partial charge >= 0.3 is 5.97 Å². The van der Waals surface area contributed by atoms with Crippen LogP contribution >= 0.6 is 11.3 Å². The number of thiazole rings is 1. The number of fused-ring (bicyclic) bond motifs is 1. The van der Waals surface area contributed by atoms with Crippen LogP contribution in [0.15, 0.2) is 82.6 Å². The molecule has 1 unspecified atom stereocenters. The average Bonchev–Trinajstić information content (AvgIpc) is 3.56. The number of carbonyl (C=O) groups is 2. The van der Waals surface area contributed by atoms with Crippen molar-refractivity contribution in [3.8, 4) is 22.7 Å². The van der Waals surface area contributed by atoms with Crippen LogP contribution in [0.3, 0.4) is 0 Å². The summed E-state index contributed by atoms with van der Waals surface area (Å²) in [7, 11) is 0. The number of nitro benzene ring substituents is 1. The normalized spacial score (nSPS) is 11.7. The standard InChI is InChI=1S/C26H18N4O6S/c1-15(23(31)29-26-28-21(14-37-26)16-7-6-8-17(13-16)30(33)34)35-25(32)19-10-3-2-9-18(19)24-27-20-11-4-5-12-22(20)36-24/h2-15H,1H3,(H,28,29,31). The number of oxazole rings is 1. The predicted molar refractivity (Wildman–Crippen MR) is 137 cm³/mol. The number of rotatable bonds is 7. The number of amides is 1. The number of nitro groups is 1. The van der Waals surface area contributed by atoms with E-state index in [2.05, 4.69) is 15.3 Å². The van der Waals surface area contributed by atoms with Crippen molar-refractivity contribution in [2.24, 2.45) is 0 Å². The van der Waals surface area contributed by atoms with Crippen molar-refractivity contribution in [1.29, 1.82) is 0 Å². The largest absolute Gasteiger partial charge is 0.449 e. The Hall–Kier alpha value is -4.90. The smallest absolute Gasteiger partial charge is 0.339 e. The fourth-order valence-electron chi connectivity index (χ4n) is 3.56. The first kappa shape index (κ1) is 23.8. The molecule has 0 fully saturated rings. The second kappa shape index (κ2) is 9.99. The first-order valence-corrected chi connectivity index (χ1v) is 11.9. The summed E-state index contributed by atoms with van der Waals surface area (Å²) in [6, 6.07) is 20.0. The van der Waals surface area contributed by atoms with Crippen molar-refractivity contribution >= 4 is 45.1 Å². The van der Waals surface area contributed by atoms with Gasteiger partial charge in [-0.05, 0) is 31.2 Å². The highest BCUT2D eigenvalue weighted by molar-refractivity contribution is 7.14. The first-order valence-electron chi connectivity index (χ1n) is 11.1. The highest BCUT2D eigenvalue weighted by Gasteiger charge is 2.24. The maximum Gasteiger partial charge on any atom is 0.339 e. The molecule has 0 radical (unpaired) electrons. The molecule has 3 aromatic carbocycles. The molecule has 0 saturated carbocycles. The minimum Gasteiger partial charge on any atom is -0.449 e. The molecule has 1 atom stereocenters. The third kappa shape index (κ3) is 5.07. The second-order valence-electron chi connectivity index (χ2n) is 7.91. The fraction of sp³-hybridized carbons (Fsp3) is 0.0769. The van der Waals surface area contributed by atoms with Gasteiger partial charge in [0, 0.05) is 23.1 Å². The molecule has 0 spiro atoms. The third-order valence-electron chi connectivity index (χ3n) is 5.41. The van der Waals surface area contributed by atoms with Crippen LogP contribution in [0.2, 0.25) is 0 Å². The van der Waals surface area contributed by atoms with Gasteiger partial charge < -0.3 is 9.15 Å². The molecule has 0 saturated heterocycles. The van der Waals surface area contributed by atoms with E-state index >= 15 is 0 Å². The van der Waals surface area contributed by atoms with E-state index in [0.29, 0.717) is 27.9 Å². The van der Waals surface area contributed by atoms with E-state index in [4.69, 9.17) is 9.15 Å². The molecule has 0 bridgehead atoms. The zero-order valence-electron chi connectivity index (χ0n) is 19.3. The molecule has 5 rings (SSSR count). The van der Waals surface area contributed by atoms with E-state index in [-0.39, 0.29) is 22.3 Å². The number of anilines is 1. The van der Waals surface area contributed by atoms with Gasteiger partial charge in [0.2, 0.25) is 5.89 Å². The second-order valence-corrected chi connectivity index (χ2v) is 8.77. The Morgan fingerprint density at radius 3 is 2.65 bits per heavy atom. The molecule has 0 aliphatic carbocycles. The number of carbonyl (C=O) groups excluding carboxylic acids is 2. The summed E-state index contributed by atoms with van der Waals surface area (Å²) in [5.41, 5.74) is 2.84. The average molecular weight is 515 g/mol. The zero-order valence-corrected chi connectivity index (χ0v) is 20.1. The van der Waals surface area contributed by atoms with Crippen molar-refractivity contribution in [3.63, 3.8) is 0 Å². The SMILES string of the molecule is CC(OC(=O)c1ccccc1-c1nc2ccccc2o1)C(=O)Nc1nc(-c2cccc([N+](=O)[O-])c2)cs1. The number of benzene rings is 3. The van der Waals surface area contributed by atoms with Gasteiger partial charge in [-0.15, -0.1) is 11.3 Å². The summed E-state index contributed by atoms with van der Waals surface area (Å²) in [4.78, 5) is 44.9. The van der Waals surface area contributed by atoms with Gasteiger partial charge in [0.25, 0.3) is 11.6 Å². The van der Waals surface area contributed by atoms with Crippen LogP contribution in [0.5, 0.6) is 0 Å². The van der Waals surface area contributed by atoms with Gasteiger partial charge in [-0.3, -0.25) is 20.2 Å². The third-order valence-corrected chi connectivity index (χ3v) is 6.17. The van der Waals surface area contributed by atoms with Crippen molar-refractivity contribution in [2.45, 2.75) is 13.0 Å². The molecule has 0 aliphatic rings. The van der Waals surface area contributed by atoms with Crippen molar-refractivity contribution < 1.29 is 23.7 Å². The molecule has 10 nitrogen and oxygen atoms in total. The van der Waals surface area contributed by atoms with E-state index in [9.17, 15) is 19.7 Å². The lowest BCUT2D eigenvalue weighted by molar-refractivity contribution is -0.384. The number of aromatic nitrogens is 2. The molecule has 0 aliphatic heterocycles. The summed E-state index contributed by atoms with van der Waals surface area (Å²) in [5.74, 6) is -1.02. The van der Waals surface area contributed by atoms with Gasteiger partial charge in [-0.2, -0.15) is 0 Å². The Balaban J connectivity index is 1.28. The number of para-hydroxylation sites is 2. The molecule has 1 amide bonds. The van der Waals surface area contributed by atoms with Crippen LogP contribution in [-0.2, 0) is 9.53 Å². The molecule has 11 heteroatoms. The number of non-ortho nitro benzene ring substituents is 1. The van der Waals surface area contributed by atoms with Gasteiger partial charge in [-0.25, -0.2) is 14.8 Å². The number of nitrogens with zero attached hydrogens (tertiary/aromatic N) is 3. The van der Waals surface area contributed by atoms with Crippen LogP contribution in [-0.4, -0.2) is 32.9 Å². The maximum atomic E-state index is 13.0. The van der Waals surface area contributed by atoms with E-state index in [0.717, 1.165) is 11.3 Å². The minimum atomic E-state index is -1.13. The Morgan fingerprint density at radius 1 is 1.05 bits per heavy atom. The van der Waals surface area contributed by atoms with E-state index < -0.39 is 22.9 Å². The summed E-state index contributed by atoms with van der Waals surface area (Å²) in [5, 5.41) is 15.6.